The first-order valence-electron chi connectivity index (χ1n) is 10.9. The van der Waals surface area contributed by atoms with Crippen molar-refractivity contribution in [3.05, 3.63) is 39.3 Å². The number of nitrogens with two attached hydrogens (primary N) is 1. The van der Waals surface area contributed by atoms with Crippen LogP contribution in [0.4, 0.5) is 0 Å². The summed E-state index contributed by atoms with van der Waals surface area (Å²) in [6, 6.07) is 5.75. The number of aryl methyl sites for hydroxylation is 1. The van der Waals surface area contributed by atoms with Gasteiger partial charge in [0.1, 0.15) is 0 Å². The summed E-state index contributed by atoms with van der Waals surface area (Å²) in [5.41, 5.74) is 7.05. The average molecular weight is 543 g/mol. The van der Waals surface area contributed by atoms with E-state index in [1.165, 1.54) is 0 Å². The first kappa shape index (κ1) is 22.7. The molecule has 0 aromatic heterocycles. The van der Waals surface area contributed by atoms with Crippen LogP contribution in [0.3, 0.4) is 0 Å². The van der Waals surface area contributed by atoms with Crippen molar-refractivity contribution in [3.63, 3.8) is 0 Å². The van der Waals surface area contributed by atoms with Crippen LogP contribution in [-0.2, 0) is 3.08 Å². The van der Waals surface area contributed by atoms with Crippen molar-refractivity contribution >= 4 is 31.3 Å². The average Bonchev–Trinajstić information content (AvgIpc) is 3.23. The number of benzene rings is 1. The number of halogens is 1. The second-order valence-electron chi connectivity index (χ2n) is 9.38. The third-order valence-electron chi connectivity index (χ3n) is 6.89. The summed E-state index contributed by atoms with van der Waals surface area (Å²) < 4.78 is 15.1. The summed E-state index contributed by atoms with van der Waals surface area (Å²) in [6.07, 6.45) is 1.71. The van der Waals surface area contributed by atoms with Gasteiger partial charge in [-0.25, -0.2) is 0 Å². The molecule has 2 aliphatic heterocycles. The Bertz CT molecular complexity index is 834. The van der Waals surface area contributed by atoms with Crippen LogP contribution in [-0.4, -0.2) is 72.5 Å². The molecule has 7 nitrogen and oxygen atoms in total. The molecule has 164 valence electrons. The number of aliphatic hydroxyl groups is 1. The summed E-state index contributed by atoms with van der Waals surface area (Å²) in [5, 5.41) is 14.2. The molecule has 1 aliphatic carbocycles. The van der Waals surface area contributed by atoms with Crippen molar-refractivity contribution in [2.24, 2.45) is 17.6 Å². The molecular formula is C21H32ClN4O3Sn+. The molecule has 2 saturated heterocycles. The fraction of sp³-hybridized carbons (Fsp3) is 0.714. The van der Waals surface area contributed by atoms with E-state index in [4.69, 9.17) is 17.3 Å². The van der Waals surface area contributed by atoms with Gasteiger partial charge in [-0.05, 0) is 0 Å². The van der Waals surface area contributed by atoms with E-state index in [1.807, 2.05) is 25.1 Å². The quantitative estimate of drug-likeness (QED) is 0.361. The Morgan fingerprint density at radius 3 is 2.83 bits per heavy atom. The minimum atomic E-state index is -2.98. The summed E-state index contributed by atoms with van der Waals surface area (Å²) in [6.45, 7) is 4.84. The molecule has 1 aromatic rings. The Balaban J connectivity index is 1.54. The summed E-state index contributed by atoms with van der Waals surface area (Å²) >= 11 is 3.34. The summed E-state index contributed by atoms with van der Waals surface area (Å²) in [4.78, 5) is 15.8. The van der Waals surface area contributed by atoms with Gasteiger partial charge in [0.05, 0.1) is 0 Å². The van der Waals surface area contributed by atoms with Gasteiger partial charge >= 0.3 is 191 Å². The van der Waals surface area contributed by atoms with Crippen molar-refractivity contribution in [2.75, 3.05) is 26.2 Å². The Labute approximate surface area is 190 Å². The van der Waals surface area contributed by atoms with Crippen LogP contribution in [0.2, 0.25) is 13.9 Å². The number of hydrogen-bond acceptors (Lipinski definition) is 6. The third kappa shape index (κ3) is 4.96. The zero-order chi connectivity index (χ0) is 21.5. The van der Waals surface area contributed by atoms with Crippen molar-refractivity contribution in [1.82, 2.24) is 10.2 Å². The van der Waals surface area contributed by atoms with E-state index in [2.05, 4.69) is 10.2 Å². The van der Waals surface area contributed by atoms with Crippen LogP contribution >= 0.6 is 11.6 Å². The summed E-state index contributed by atoms with van der Waals surface area (Å²) in [7, 11) is 0. The van der Waals surface area contributed by atoms with Gasteiger partial charge in [0, 0.05) is 0 Å². The predicted molar refractivity (Wildman–Crippen MR) is 117 cm³/mol. The molecule has 9 heteroatoms. The van der Waals surface area contributed by atoms with Gasteiger partial charge in [-0.15, -0.1) is 0 Å². The standard InChI is InChI=1S/C17H25ClN4O.C4H7O.O.Sn/c1-11-3-4-14(7-15(11)18)16-20-9-12(2)17(22(16)23)21-6-5-13(8-19)10-21;1-4(5)2-3-4;;/h3-4,7,12-13,16-17,20H,2,5-6,8-10,19H2,1H3;5H,1-3H2;;/q+1;;;. The fourth-order valence-corrected chi connectivity index (χ4v) is 11.2. The van der Waals surface area contributed by atoms with Gasteiger partial charge in [-0.3, -0.25) is 0 Å². The van der Waals surface area contributed by atoms with Gasteiger partial charge in [-0.1, -0.05) is 0 Å². The van der Waals surface area contributed by atoms with Crippen LogP contribution in [0.5, 0.6) is 0 Å². The third-order valence-corrected chi connectivity index (χ3v) is 13.1. The van der Waals surface area contributed by atoms with Crippen LogP contribution in [0.1, 0.15) is 36.6 Å². The number of nitroso groups, excluding NO2 is 1. The van der Waals surface area contributed by atoms with Gasteiger partial charge in [-0.2, -0.15) is 0 Å². The number of hydrogen-bond donors (Lipinski definition) is 3. The molecule has 4 atom stereocenters. The topological polar surface area (TPSA) is 98.7 Å². The van der Waals surface area contributed by atoms with Gasteiger partial charge in [0.2, 0.25) is 0 Å². The van der Waals surface area contributed by atoms with Gasteiger partial charge in [0.15, 0.2) is 0 Å². The zero-order valence-electron chi connectivity index (χ0n) is 17.5. The first-order chi connectivity index (χ1) is 14.3. The first-order valence-corrected chi connectivity index (χ1v) is 16.5. The molecule has 30 heavy (non-hydrogen) atoms. The molecule has 0 amide bonds. The van der Waals surface area contributed by atoms with Gasteiger partial charge < -0.3 is 0 Å². The molecular weight excluding hydrogens is 510 g/mol. The van der Waals surface area contributed by atoms with Crippen LogP contribution in [0.25, 0.3) is 0 Å². The molecule has 2 heterocycles. The molecule has 0 radical (unpaired) electrons. The van der Waals surface area contributed by atoms with E-state index < -0.39 is 31.5 Å². The maximum absolute atomic E-state index is 13.6. The maximum atomic E-state index is 13.6. The molecule has 3 fully saturated rings. The Morgan fingerprint density at radius 2 is 2.20 bits per heavy atom. The molecule has 4 rings (SSSR count). The number of nitrogens with one attached hydrogen (secondary N) is 1. The number of rotatable bonds is 7. The van der Waals surface area contributed by atoms with E-state index in [0.29, 0.717) is 32.9 Å². The fourth-order valence-electron chi connectivity index (χ4n) is 4.85. The molecule has 3 aliphatic rings. The Hall–Kier alpha value is -0.451. The SMILES string of the molecule is Cc1ccc(C2NCC([CH2][Sn](=[O])[CH2]C3(O)CC3)C(N3CCC(CN)C3)[N+]2=O)cc1Cl. The van der Waals surface area contributed by atoms with E-state index in [1.54, 1.807) is 0 Å². The molecule has 0 spiro atoms. The zero-order valence-corrected chi connectivity index (χ0v) is 21.1. The number of nitrogens with zero attached hydrogens (tertiary/aromatic N) is 2. The van der Waals surface area contributed by atoms with E-state index >= 15 is 0 Å². The predicted octanol–water partition coefficient (Wildman–Crippen LogP) is 2.20. The Kier molecular flexibility index (Phi) is 6.97. The van der Waals surface area contributed by atoms with Crippen LogP contribution < -0.4 is 11.1 Å². The normalized spacial score (nSPS) is 31.1. The second-order valence-corrected chi connectivity index (χ2v) is 15.0. The van der Waals surface area contributed by atoms with E-state index in [0.717, 1.165) is 48.2 Å². The molecule has 4 N–H and O–H groups in total. The Morgan fingerprint density at radius 1 is 1.43 bits per heavy atom. The molecule has 1 aromatic carbocycles. The molecule has 0 bridgehead atoms. The van der Waals surface area contributed by atoms with Gasteiger partial charge in [0.25, 0.3) is 0 Å². The second kappa shape index (κ2) is 9.19. The van der Waals surface area contributed by atoms with Crippen LogP contribution in [0, 0.1) is 23.7 Å². The van der Waals surface area contributed by atoms with E-state index in [-0.39, 0.29) is 12.1 Å². The van der Waals surface area contributed by atoms with Crippen molar-refractivity contribution in [2.45, 2.75) is 53.0 Å². The molecule has 4 unspecified atom stereocenters. The summed E-state index contributed by atoms with van der Waals surface area (Å²) in [5.74, 6) is 0.393. The van der Waals surface area contributed by atoms with Crippen molar-refractivity contribution in [1.29, 1.82) is 0 Å². The monoisotopic (exact) mass is 543 g/mol. The van der Waals surface area contributed by atoms with Crippen LogP contribution in [0.15, 0.2) is 18.2 Å². The van der Waals surface area contributed by atoms with Crippen molar-refractivity contribution < 1.29 is 12.9 Å². The number of likely N-dealkylation sites (tertiary alicyclic amines) is 1. The molecule has 1 saturated carbocycles. The van der Waals surface area contributed by atoms with E-state index in [9.17, 15) is 13.1 Å². The van der Waals surface area contributed by atoms with Crippen molar-refractivity contribution in [3.8, 4) is 0 Å². The minimum absolute atomic E-state index is 0.00885.